The second kappa shape index (κ2) is 4.19. The number of allylic oxidation sites excluding steroid dienone is 2. The van der Waals surface area contributed by atoms with Gasteiger partial charge in [0.15, 0.2) is 0 Å². The highest BCUT2D eigenvalue weighted by atomic mass is 32.2. The molecular weight excluding hydrogens is 178 g/mol. The molecule has 0 saturated carbocycles. The van der Waals surface area contributed by atoms with Gasteiger partial charge in [0, 0.05) is 5.69 Å². The van der Waals surface area contributed by atoms with Crippen LogP contribution in [-0.2, 0) is 0 Å². The molecule has 1 aliphatic rings. The van der Waals surface area contributed by atoms with E-state index in [0.29, 0.717) is 5.37 Å². The highest BCUT2D eigenvalue weighted by Gasteiger charge is 2.03. The predicted molar refractivity (Wildman–Crippen MR) is 59.7 cm³/mol. The molecule has 0 fully saturated rings. The second-order valence-corrected chi connectivity index (χ2v) is 3.83. The van der Waals surface area contributed by atoms with E-state index in [1.54, 1.807) is 11.8 Å². The van der Waals surface area contributed by atoms with Gasteiger partial charge in [0.2, 0.25) is 0 Å². The van der Waals surface area contributed by atoms with Gasteiger partial charge in [0.1, 0.15) is 0 Å². The monoisotopic (exact) mass is 189 g/mol. The maximum Gasteiger partial charge on any atom is 0.0953 e. The average Bonchev–Trinajstić information content (AvgIpc) is 2.21. The first-order valence-electron chi connectivity index (χ1n) is 4.25. The zero-order chi connectivity index (χ0) is 8.93. The first-order valence-corrected chi connectivity index (χ1v) is 5.20. The number of hydrogen-bond donors (Lipinski definition) is 1. The smallest absolute Gasteiger partial charge is 0.0953 e. The molecule has 1 unspecified atom stereocenters. The second-order valence-electron chi connectivity index (χ2n) is 2.78. The molecule has 0 aliphatic carbocycles. The van der Waals surface area contributed by atoms with Crippen LogP contribution in [0.2, 0.25) is 0 Å². The Morgan fingerprint density at radius 2 is 1.92 bits per heavy atom. The van der Waals surface area contributed by atoms with Gasteiger partial charge in [-0.1, -0.05) is 36.4 Å². The van der Waals surface area contributed by atoms with E-state index in [0.717, 1.165) is 0 Å². The average molecular weight is 189 g/mol. The Morgan fingerprint density at radius 3 is 2.62 bits per heavy atom. The number of nitrogens with one attached hydrogen (secondary N) is 1. The van der Waals surface area contributed by atoms with Gasteiger partial charge in [-0.3, -0.25) is 0 Å². The van der Waals surface area contributed by atoms with Gasteiger partial charge in [-0.15, -0.1) is 11.8 Å². The van der Waals surface area contributed by atoms with Gasteiger partial charge in [-0.25, -0.2) is 0 Å². The summed E-state index contributed by atoms with van der Waals surface area (Å²) in [5, 5.41) is 5.87. The lowest BCUT2D eigenvalue weighted by molar-refractivity contribution is 1.25. The standard InChI is InChI=1S/C11H11NS/c1-2-6-10(7-3-1)12-11-8-4-5-9-13-11/h1-9,11-12H. The van der Waals surface area contributed by atoms with E-state index in [9.17, 15) is 0 Å². The fourth-order valence-electron chi connectivity index (χ4n) is 1.17. The SMILES string of the molecule is C1=CSC(Nc2ccccc2)C=C1. The zero-order valence-electron chi connectivity index (χ0n) is 7.18. The highest BCUT2D eigenvalue weighted by molar-refractivity contribution is 8.03. The van der Waals surface area contributed by atoms with Gasteiger partial charge >= 0.3 is 0 Å². The summed E-state index contributed by atoms with van der Waals surface area (Å²) in [6, 6.07) is 10.2. The van der Waals surface area contributed by atoms with E-state index < -0.39 is 0 Å². The van der Waals surface area contributed by atoms with Gasteiger partial charge in [-0.2, -0.15) is 0 Å². The summed E-state index contributed by atoms with van der Waals surface area (Å²) < 4.78 is 0. The normalized spacial score (nSPS) is 20.2. The van der Waals surface area contributed by atoms with Crippen molar-refractivity contribution in [2.45, 2.75) is 5.37 Å². The summed E-state index contributed by atoms with van der Waals surface area (Å²) in [7, 11) is 0. The van der Waals surface area contributed by atoms with Gasteiger partial charge in [0.05, 0.1) is 5.37 Å². The third-order valence-electron chi connectivity index (χ3n) is 1.78. The number of hydrogen-bond acceptors (Lipinski definition) is 2. The van der Waals surface area contributed by atoms with E-state index in [1.807, 2.05) is 24.3 Å². The van der Waals surface area contributed by atoms with Crippen molar-refractivity contribution in [3.63, 3.8) is 0 Å². The number of benzene rings is 1. The van der Waals surface area contributed by atoms with Crippen molar-refractivity contribution < 1.29 is 0 Å². The van der Waals surface area contributed by atoms with Gasteiger partial charge < -0.3 is 5.32 Å². The molecule has 0 saturated heterocycles. The molecule has 13 heavy (non-hydrogen) atoms. The fourth-order valence-corrected chi connectivity index (χ4v) is 1.90. The lowest BCUT2D eigenvalue weighted by Gasteiger charge is -2.15. The summed E-state index contributed by atoms with van der Waals surface area (Å²) in [6.07, 6.45) is 6.27. The maximum absolute atomic E-state index is 3.41. The van der Waals surface area contributed by atoms with Crippen molar-refractivity contribution in [1.82, 2.24) is 0 Å². The quantitative estimate of drug-likeness (QED) is 0.766. The van der Waals surface area contributed by atoms with Crippen LogP contribution >= 0.6 is 11.8 Å². The minimum Gasteiger partial charge on any atom is -0.370 e. The summed E-state index contributed by atoms with van der Waals surface area (Å²) in [6.45, 7) is 0. The summed E-state index contributed by atoms with van der Waals surface area (Å²) in [5.74, 6) is 0. The van der Waals surface area contributed by atoms with Crippen molar-refractivity contribution in [3.05, 3.63) is 54.0 Å². The third kappa shape index (κ3) is 2.39. The van der Waals surface area contributed by atoms with Gasteiger partial charge in [0.25, 0.3) is 0 Å². The lowest BCUT2D eigenvalue weighted by atomic mass is 10.3. The van der Waals surface area contributed by atoms with Crippen LogP contribution in [0.25, 0.3) is 0 Å². The summed E-state index contributed by atoms with van der Waals surface area (Å²) in [4.78, 5) is 0. The highest BCUT2D eigenvalue weighted by Crippen LogP contribution is 2.20. The Hall–Kier alpha value is -1.15. The van der Waals surface area contributed by atoms with Crippen LogP contribution in [0.5, 0.6) is 0 Å². The lowest BCUT2D eigenvalue weighted by Crippen LogP contribution is -2.12. The van der Waals surface area contributed by atoms with Crippen molar-refractivity contribution in [3.8, 4) is 0 Å². The summed E-state index contributed by atoms with van der Waals surface area (Å²) in [5.41, 5.74) is 1.17. The van der Waals surface area contributed by atoms with Crippen molar-refractivity contribution >= 4 is 17.4 Å². The molecule has 1 aromatic rings. The first kappa shape index (κ1) is 8.45. The third-order valence-corrected chi connectivity index (χ3v) is 2.67. The molecule has 0 aromatic heterocycles. The molecule has 2 heteroatoms. The Labute approximate surface area is 82.5 Å². The predicted octanol–water partition coefficient (Wildman–Crippen LogP) is 3.24. The number of para-hydroxylation sites is 1. The van der Waals surface area contributed by atoms with Crippen LogP contribution in [0.3, 0.4) is 0 Å². The molecule has 1 heterocycles. The van der Waals surface area contributed by atoms with Gasteiger partial charge in [-0.05, 0) is 17.5 Å². The number of anilines is 1. The van der Waals surface area contributed by atoms with Crippen LogP contribution in [0.1, 0.15) is 0 Å². The number of rotatable bonds is 2. The van der Waals surface area contributed by atoms with E-state index in [2.05, 4.69) is 35.0 Å². The molecule has 1 aromatic carbocycles. The number of thioether (sulfide) groups is 1. The molecule has 0 bridgehead atoms. The molecular formula is C11H11NS. The van der Waals surface area contributed by atoms with E-state index in [4.69, 9.17) is 0 Å². The van der Waals surface area contributed by atoms with Crippen molar-refractivity contribution in [2.75, 3.05) is 5.32 Å². The molecule has 1 N–H and O–H groups in total. The van der Waals surface area contributed by atoms with Crippen LogP contribution in [-0.4, -0.2) is 5.37 Å². The summed E-state index contributed by atoms with van der Waals surface area (Å²) >= 11 is 1.78. The fraction of sp³-hybridized carbons (Fsp3) is 0.0909. The topological polar surface area (TPSA) is 12.0 Å². The molecule has 0 spiro atoms. The molecule has 0 radical (unpaired) electrons. The molecule has 1 atom stereocenters. The van der Waals surface area contributed by atoms with Crippen LogP contribution < -0.4 is 5.32 Å². The van der Waals surface area contributed by atoms with Crippen LogP contribution in [0.15, 0.2) is 54.0 Å². The Bertz CT molecular complexity index is 316. The minimum absolute atomic E-state index is 0.368. The largest absolute Gasteiger partial charge is 0.370 e. The molecule has 2 rings (SSSR count). The molecule has 66 valence electrons. The van der Waals surface area contributed by atoms with Crippen molar-refractivity contribution in [1.29, 1.82) is 0 Å². The Kier molecular flexibility index (Phi) is 2.72. The zero-order valence-corrected chi connectivity index (χ0v) is 8.00. The first-order chi connectivity index (χ1) is 6.45. The van der Waals surface area contributed by atoms with E-state index in [-0.39, 0.29) is 0 Å². The van der Waals surface area contributed by atoms with Crippen LogP contribution in [0.4, 0.5) is 5.69 Å². The maximum atomic E-state index is 3.41. The minimum atomic E-state index is 0.368. The van der Waals surface area contributed by atoms with Crippen LogP contribution in [0, 0.1) is 0 Å². The molecule has 0 amide bonds. The van der Waals surface area contributed by atoms with Crippen molar-refractivity contribution in [2.24, 2.45) is 0 Å². The molecule has 1 nitrogen and oxygen atoms in total. The van der Waals surface area contributed by atoms with E-state index >= 15 is 0 Å². The Morgan fingerprint density at radius 1 is 1.08 bits per heavy atom. The Balaban J connectivity index is 1.99. The van der Waals surface area contributed by atoms with E-state index in [1.165, 1.54) is 5.69 Å². The molecule has 1 aliphatic heterocycles.